The molecule has 1 aromatic carbocycles. The standard InChI is InChI=1S/C16H13N5O3S/c1-9-5-10(3-4-12(9)14(22)24-2)8-25-15-19-13-11(6-17)7-18-21(13)16(23)20-15/h3-5,7H,8H2,1-2H3,(H,19,20,23). The Bertz CT molecular complexity index is 1060. The van der Waals surface area contributed by atoms with E-state index in [1.165, 1.54) is 25.1 Å². The summed E-state index contributed by atoms with van der Waals surface area (Å²) in [5.74, 6) is 0.162. The van der Waals surface area contributed by atoms with E-state index in [0.29, 0.717) is 16.5 Å². The van der Waals surface area contributed by atoms with Crippen LogP contribution in [0.3, 0.4) is 0 Å². The van der Waals surface area contributed by atoms with Crippen LogP contribution in [0, 0.1) is 18.3 Å². The number of rotatable bonds is 4. The Kier molecular flexibility index (Phi) is 4.54. The summed E-state index contributed by atoms with van der Waals surface area (Å²) < 4.78 is 5.78. The van der Waals surface area contributed by atoms with Gasteiger partial charge < -0.3 is 4.74 Å². The minimum atomic E-state index is -0.453. The summed E-state index contributed by atoms with van der Waals surface area (Å²) in [7, 11) is 1.34. The first-order valence-corrected chi connectivity index (χ1v) is 8.21. The molecule has 0 unspecified atom stereocenters. The van der Waals surface area contributed by atoms with Crippen LogP contribution in [0.4, 0.5) is 0 Å². The molecule has 0 aliphatic carbocycles. The number of thioether (sulfide) groups is 1. The topological polar surface area (TPSA) is 113 Å². The van der Waals surface area contributed by atoms with Gasteiger partial charge >= 0.3 is 11.7 Å². The third-order valence-corrected chi connectivity index (χ3v) is 4.49. The fraction of sp³-hybridized carbons (Fsp3) is 0.188. The molecule has 2 heterocycles. The number of nitrogens with one attached hydrogen (secondary N) is 1. The molecule has 0 saturated carbocycles. The average molecular weight is 355 g/mol. The molecule has 0 radical (unpaired) electrons. The Hall–Kier alpha value is -3.12. The number of hydrogen-bond donors (Lipinski definition) is 1. The number of benzene rings is 1. The van der Waals surface area contributed by atoms with Gasteiger partial charge in [-0.15, -0.1) is 0 Å². The molecule has 0 aliphatic heterocycles. The highest BCUT2D eigenvalue weighted by Crippen LogP contribution is 2.21. The van der Waals surface area contributed by atoms with Crippen molar-refractivity contribution in [3.63, 3.8) is 0 Å². The lowest BCUT2D eigenvalue weighted by atomic mass is 10.1. The first-order chi connectivity index (χ1) is 12.0. The molecule has 0 fully saturated rings. The summed E-state index contributed by atoms with van der Waals surface area (Å²) in [6.07, 6.45) is 1.31. The zero-order valence-electron chi connectivity index (χ0n) is 13.4. The van der Waals surface area contributed by atoms with Gasteiger partial charge in [0.25, 0.3) is 0 Å². The molecular formula is C16H13N5O3S. The first-order valence-electron chi connectivity index (χ1n) is 7.22. The molecule has 9 heteroatoms. The van der Waals surface area contributed by atoms with Crippen molar-refractivity contribution in [1.29, 1.82) is 5.26 Å². The van der Waals surface area contributed by atoms with E-state index in [0.717, 1.165) is 15.6 Å². The Balaban J connectivity index is 1.83. The lowest BCUT2D eigenvalue weighted by Gasteiger charge is -2.07. The van der Waals surface area contributed by atoms with E-state index in [4.69, 9.17) is 10.00 Å². The molecular weight excluding hydrogens is 342 g/mol. The van der Waals surface area contributed by atoms with Crippen LogP contribution in [0.15, 0.2) is 34.3 Å². The van der Waals surface area contributed by atoms with Crippen molar-refractivity contribution in [1.82, 2.24) is 19.6 Å². The molecule has 25 heavy (non-hydrogen) atoms. The first kappa shape index (κ1) is 16.7. The van der Waals surface area contributed by atoms with Gasteiger partial charge in [-0.05, 0) is 24.1 Å². The average Bonchev–Trinajstić information content (AvgIpc) is 3.03. The second kappa shape index (κ2) is 6.78. The zero-order valence-corrected chi connectivity index (χ0v) is 14.3. The van der Waals surface area contributed by atoms with Crippen molar-refractivity contribution >= 4 is 23.4 Å². The van der Waals surface area contributed by atoms with Gasteiger partial charge in [0.05, 0.1) is 18.9 Å². The Morgan fingerprint density at radius 1 is 1.48 bits per heavy atom. The Morgan fingerprint density at radius 3 is 2.96 bits per heavy atom. The molecule has 0 aliphatic rings. The van der Waals surface area contributed by atoms with E-state index in [2.05, 4.69) is 15.1 Å². The number of H-pyrrole nitrogens is 1. The molecule has 0 atom stereocenters. The number of esters is 1. The molecule has 2 aromatic heterocycles. The lowest BCUT2D eigenvalue weighted by molar-refractivity contribution is 0.0600. The van der Waals surface area contributed by atoms with E-state index >= 15 is 0 Å². The highest BCUT2D eigenvalue weighted by molar-refractivity contribution is 7.98. The van der Waals surface area contributed by atoms with Crippen LogP contribution in [-0.2, 0) is 10.5 Å². The quantitative estimate of drug-likeness (QED) is 0.559. The van der Waals surface area contributed by atoms with E-state index < -0.39 is 5.69 Å². The van der Waals surface area contributed by atoms with Gasteiger partial charge in [-0.25, -0.2) is 14.6 Å². The largest absolute Gasteiger partial charge is 0.465 e. The van der Waals surface area contributed by atoms with Crippen LogP contribution in [0.5, 0.6) is 0 Å². The zero-order chi connectivity index (χ0) is 18.0. The predicted octanol–water partition coefficient (Wildman–Crippen LogP) is 1.68. The van der Waals surface area contributed by atoms with Crippen molar-refractivity contribution in [3.05, 3.63) is 57.1 Å². The van der Waals surface area contributed by atoms with Crippen LogP contribution in [-0.4, -0.2) is 32.7 Å². The van der Waals surface area contributed by atoms with Gasteiger partial charge in [0.2, 0.25) is 0 Å². The maximum absolute atomic E-state index is 12.0. The van der Waals surface area contributed by atoms with Crippen molar-refractivity contribution in [2.45, 2.75) is 17.8 Å². The summed E-state index contributed by atoms with van der Waals surface area (Å²) in [4.78, 5) is 30.5. The smallest absolute Gasteiger partial charge is 0.350 e. The van der Waals surface area contributed by atoms with Gasteiger partial charge in [0.1, 0.15) is 11.6 Å². The lowest BCUT2D eigenvalue weighted by Crippen LogP contribution is -2.19. The van der Waals surface area contributed by atoms with Crippen molar-refractivity contribution in [2.24, 2.45) is 0 Å². The number of carbonyl (C=O) groups excluding carboxylic acids is 1. The molecule has 8 nitrogen and oxygen atoms in total. The van der Waals surface area contributed by atoms with Gasteiger partial charge in [0.15, 0.2) is 10.8 Å². The molecule has 0 bridgehead atoms. The van der Waals surface area contributed by atoms with Crippen LogP contribution < -0.4 is 5.69 Å². The monoisotopic (exact) mass is 355 g/mol. The third kappa shape index (κ3) is 3.25. The van der Waals surface area contributed by atoms with Crippen molar-refractivity contribution in [2.75, 3.05) is 7.11 Å². The predicted molar refractivity (Wildman–Crippen MR) is 90.4 cm³/mol. The number of aryl methyl sites for hydroxylation is 1. The van der Waals surface area contributed by atoms with Crippen molar-refractivity contribution in [3.8, 4) is 6.07 Å². The summed E-state index contributed by atoms with van der Waals surface area (Å²) in [6.45, 7) is 1.83. The van der Waals surface area contributed by atoms with E-state index in [-0.39, 0.29) is 17.2 Å². The number of carbonyl (C=O) groups is 1. The number of aromatic amines is 1. The van der Waals surface area contributed by atoms with E-state index in [1.54, 1.807) is 6.07 Å². The summed E-state index contributed by atoms with van der Waals surface area (Å²) in [5, 5.41) is 13.3. The Labute approximate surface area is 146 Å². The van der Waals surface area contributed by atoms with Crippen LogP contribution in [0.25, 0.3) is 5.65 Å². The third-order valence-electron chi connectivity index (χ3n) is 3.55. The highest BCUT2D eigenvalue weighted by Gasteiger charge is 2.12. The molecule has 126 valence electrons. The number of methoxy groups -OCH3 is 1. The number of aromatic nitrogens is 4. The van der Waals surface area contributed by atoms with Gasteiger partial charge in [-0.1, -0.05) is 23.9 Å². The minimum Gasteiger partial charge on any atom is -0.465 e. The number of fused-ring (bicyclic) bond motifs is 1. The minimum absolute atomic E-state index is 0.228. The Morgan fingerprint density at radius 2 is 2.28 bits per heavy atom. The normalized spacial score (nSPS) is 10.6. The maximum atomic E-state index is 12.0. The molecule has 3 aromatic rings. The summed E-state index contributed by atoms with van der Waals surface area (Å²) in [6, 6.07) is 7.37. The number of nitrogens with zero attached hydrogens (tertiary/aromatic N) is 4. The van der Waals surface area contributed by atoms with Crippen molar-refractivity contribution < 1.29 is 9.53 Å². The fourth-order valence-electron chi connectivity index (χ4n) is 2.32. The number of nitriles is 1. The second-order valence-corrected chi connectivity index (χ2v) is 6.15. The highest BCUT2D eigenvalue weighted by atomic mass is 32.2. The second-order valence-electron chi connectivity index (χ2n) is 5.18. The molecule has 0 spiro atoms. The summed E-state index contributed by atoms with van der Waals surface area (Å²) >= 11 is 1.32. The summed E-state index contributed by atoms with van der Waals surface area (Å²) in [5.41, 5.74) is 2.31. The van der Waals surface area contributed by atoms with Gasteiger partial charge in [0, 0.05) is 5.75 Å². The number of ether oxygens (including phenoxy) is 1. The van der Waals surface area contributed by atoms with Gasteiger partial charge in [-0.3, -0.25) is 4.98 Å². The maximum Gasteiger partial charge on any atom is 0.350 e. The van der Waals surface area contributed by atoms with Crippen LogP contribution in [0.1, 0.15) is 27.0 Å². The van der Waals surface area contributed by atoms with E-state index in [1.807, 2.05) is 25.1 Å². The fourth-order valence-corrected chi connectivity index (χ4v) is 3.11. The molecule has 1 N–H and O–H groups in total. The molecule has 0 saturated heterocycles. The van der Waals surface area contributed by atoms with E-state index in [9.17, 15) is 9.59 Å². The van der Waals surface area contributed by atoms with Gasteiger partial charge in [-0.2, -0.15) is 14.9 Å². The molecule has 3 rings (SSSR count). The molecule has 0 amide bonds. The van der Waals surface area contributed by atoms with Crippen LogP contribution in [0.2, 0.25) is 0 Å². The SMILES string of the molecule is COC(=O)c1ccc(CSc2nc3c(C#N)cnn3c(=O)[nH]2)cc1C. The van der Waals surface area contributed by atoms with Crippen LogP contribution >= 0.6 is 11.8 Å². The number of hydrogen-bond acceptors (Lipinski definition) is 7.